The van der Waals surface area contributed by atoms with Crippen LogP contribution in [0.15, 0.2) is 12.1 Å². The van der Waals surface area contributed by atoms with Gasteiger partial charge >= 0.3 is 0 Å². The molecule has 0 aliphatic carbocycles. The van der Waals surface area contributed by atoms with E-state index in [0.29, 0.717) is 17.9 Å². The third-order valence-electron chi connectivity index (χ3n) is 3.54. The molecule has 110 valence electrons. The molecule has 0 spiro atoms. The van der Waals surface area contributed by atoms with Crippen LogP contribution in [0.3, 0.4) is 0 Å². The van der Waals surface area contributed by atoms with Gasteiger partial charge in [-0.25, -0.2) is 10.8 Å². The number of likely N-dealkylation sites (tertiary alicyclic amines) is 1. The van der Waals surface area contributed by atoms with Gasteiger partial charge in [0.2, 0.25) is 0 Å². The van der Waals surface area contributed by atoms with E-state index in [1.54, 1.807) is 13.2 Å². The largest absolute Gasteiger partial charge is 0.380 e. The first-order chi connectivity index (χ1) is 9.67. The Labute approximate surface area is 119 Å². The summed E-state index contributed by atoms with van der Waals surface area (Å²) in [6.07, 6.45) is 2.83. The summed E-state index contributed by atoms with van der Waals surface area (Å²) in [4.78, 5) is 18.7. The van der Waals surface area contributed by atoms with Crippen molar-refractivity contribution in [2.24, 2.45) is 5.84 Å². The molecular formula is C14H22N4O2. The number of nitrogens with zero attached hydrogens (tertiary/aromatic N) is 2. The number of carbonyl (C=O) groups excluding carboxylic acids is 1. The van der Waals surface area contributed by atoms with Gasteiger partial charge in [0.25, 0.3) is 5.91 Å². The molecule has 1 aliphatic rings. The van der Waals surface area contributed by atoms with E-state index >= 15 is 0 Å². The van der Waals surface area contributed by atoms with Crippen molar-refractivity contribution < 1.29 is 9.53 Å². The number of hydrogen-bond acceptors (Lipinski definition) is 5. The van der Waals surface area contributed by atoms with E-state index in [4.69, 9.17) is 10.6 Å². The van der Waals surface area contributed by atoms with Crippen molar-refractivity contribution >= 4 is 11.7 Å². The van der Waals surface area contributed by atoms with Crippen LogP contribution >= 0.6 is 0 Å². The van der Waals surface area contributed by atoms with Gasteiger partial charge in [-0.1, -0.05) is 13.3 Å². The molecule has 20 heavy (non-hydrogen) atoms. The molecular weight excluding hydrogens is 256 g/mol. The first-order valence-electron chi connectivity index (χ1n) is 6.97. The normalized spacial score (nSPS) is 18.4. The highest BCUT2D eigenvalue weighted by Gasteiger charge is 2.27. The lowest BCUT2D eigenvalue weighted by Gasteiger charge is -2.17. The van der Waals surface area contributed by atoms with Crippen LogP contribution in [0.1, 0.15) is 35.8 Å². The van der Waals surface area contributed by atoms with Crippen LogP contribution in [0.2, 0.25) is 0 Å². The number of pyridine rings is 1. The molecule has 6 nitrogen and oxygen atoms in total. The molecule has 2 heterocycles. The molecule has 0 bridgehead atoms. The second kappa shape index (κ2) is 6.67. The highest BCUT2D eigenvalue weighted by atomic mass is 16.5. The topological polar surface area (TPSA) is 80.5 Å². The molecule has 1 saturated heterocycles. The molecule has 1 aromatic rings. The van der Waals surface area contributed by atoms with Gasteiger partial charge in [-0.15, -0.1) is 0 Å². The maximum absolute atomic E-state index is 12.5. The second-order valence-electron chi connectivity index (χ2n) is 5.02. The predicted molar refractivity (Wildman–Crippen MR) is 77.4 cm³/mol. The van der Waals surface area contributed by atoms with Gasteiger partial charge < -0.3 is 15.1 Å². The Bertz CT molecular complexity index is 478. The van der Waals surface area contributed by atoms with E-state index in [0.717, 1.165) is 31.5 Å². The first-order valence-corrected chi connectivity index (χ1v) is 6.97. The molecule has 0 radical (unpaired) electrons. The number of hydrazine groups is 1. The molecule has 0 aromatic carbocycles. The van der Waals surface area contributed by atoms with Gasteiger partial charge in [-0.05, 0) is 25.0 Å². The highest BCUT2D eigenvalue weighted by Crippen LogP contribution is 2.18. The third-order valence-corrected chi connectivity index (χ3v) is 3.54. The van der Waals surface area contributed by atoms with Crippen LogP contribution in [-0.2, 0) is 11.2 Å². The summed E-state index contributed by atoms with van der Waals surface area (Å²) in [6, 6.07) is 3.55. The standard InChI is InChI=1S/C14H22N4O2/c1-3-4-11-7-10(8-13(16-11)17-15)14(19)18-6-5-12(9-18)20-2/h7-8,12H,3-6,9,15H2,1-2H3,(H,16,17). The van der Waals surface area contributed by atoms with Gasteiger partial charge in [0, 0.05) is 31.5 Å². The Morgan fingerprint density at radius 2 is 2.40 bits per heavy atom. The summed E-state index contributed by atoms with van der Waals surface area (Å²) in [6.45, 7) is 3.45. The molecule has 1 amide bonds. The maximum atomic E-state index is 12.5. The summed E-state index contributed by atoms with van der Waals surface area (Å²) in [7, 11) is 1.68. The third kappa shape index (κ3) is 3.26. The number of carbonyl (C=O) groups is 1. The fourth-order valence-corrected chi connectivity index (χ4v) is 2.46. The number of amides is 1. The number of anilines is 1. The number of nitrogens with one attached hydrogen (secondary N) is 1. The predicted octanol–water partition coefficient (Wildman–Crippen LogP) is 1.18. The van der Waals surface area contributed by atoms with E-state index in [1.807, 2.05) is 11.0 Å². The fourth-order valence-electron chi connectivity index (χ4n) is 2.46. The Balaban J connectivity index is 2.18. The zero-order chi connectivity index (χ0) is 14.5. The molecule has 1 atom stereocenters. The minimum Gasteiger partial charge on any atom is -0.380 e. The minimum atomic E-state index is 0.0146. The van der Waals surface area contributed by atoms with E-state index in [1.165, 1.54) is 0 Å². The van der Waals surface area contributed by atoms with Crippen molar-refractivity contribution in [3.05, 3.63) is 23.4 Å². The molecule has 1 aliphatic heterocycles. The van der Waals surface area contributed by atoms with E-state index < -0.39 is 0 Å². The van der Waals surface area contributed by atoms with Crippen LogP contribution < -0.4 is 11.3 Å². The number of ether oxygens (including phenoxy) is 1. The van der Waals surface area contributed by atoms with E-state index in [2.05, 4.69) is 17.3 Å². The molecule has 1 fully saturated rings. The zero-order valence-electron chi connectivity index (χ0n) is 12.1. The smallest absolute Gasteiger partial charge is 0.254 e. The number of nitrogens with two attached hydrogens (primary N) is 1. The average molecular weight is 278 g/mol. The van der Waals surface area contributed by atoms with Crippen LogP contribution in [0.5, 0.6) is 0 Å². The van der Waals surface area contributed by atoms with Gasteiger partial charge in [-0.3, -0.25) is 4.79 Å². The first kappa shape index (κ1) is 14.7. The van der Waals surface area contributed by atoms with E-state index in [-0.39, 0.29) is 12.0 Å². The summed E-state index contributed by atoms with van der Waals surface area (Å²) < 4.78 is 5.30. The van der Waals surface area contributed by atoms with E-state index in [9.17, 15) is 4.79 Å². The lowest BCUT2D eigenvalue weighted by molar-refractivity contribution is 0.0724. The number of aryl methyl sites for hydroxylation is 1. The molecule has 2 rings (SSSR count). The molecule has 3 N–H and O–H groups in total. The Kier molecular flexibility index (Phi) is 4.92. The number of nitrogen functional groups attached to an aromatic ring is 1. The lowest BCUT2D eigenvalue weighted by Crippen LogP contribution is -2.30. The number of rotatable bonds is 5. The van der Waals surface area contributed by atoms with Crippen molar-refractivity contribution in [1.29, 1.82) is 0 Å². The average Bonchev–Trinajstić information content (AvgIpc) is 2.95. The molecule has 1 unspecified atom stereocenters. The van der Waals surface area contributed by atoms with Gasteiger partial charge in [0.1, 0.15) is 5.82 Å². The van der Waals surface area contributed by atoms with Crippen molar-refractivity contribution in [2.75, 3.05) is 25.6 Å². The Hall–Kier alpha value is -1.66. The van der Waals surface area contributed by atoms with Gasteiger partial charge in [-0.2, -0.15) is 0 Å². The van der Waals surface area contributed by atoms with Crippen molar-refractivity contribution in [2.45, 2.75) is 32.3 Å². The van der Waals surface area contributed by atoms with Gasteiger partial charge in [0.05, 0.1) is 6.10 Å². The summed E-state index contributed by atoms with van der Waals surface area (Å²) in [5.74, 6) is 5.97. The lowest BCUT2D eigenvalue weighted by atomic mass is 10.1. The van der Waals surface area contributed by atoms with Gasteiger partial charge in [0.15, 0.2) is 0 Å². The summed E-state index contributed by atoms with van der Waals surface area (Å²) in [5, 5.41) is 0. The van der Waals surface area contributed by atoms with Crippen LogP contribution in [-0.4, -0.2) is 42.1 Å². The number of methoxy groups -OCH3 is 1. The quantitative estimate of drug-likeness (QED) is 0.624. The summed E-state index contributed by atoms with van der Waals surface area (Å²) in [5.41, 5.74) is 4.04. The number of aromatic nitrogens is 1. The monoisotopic (exact) mass is 278 g/mol. The maximum Gasteiger partial charge on any atom is 0.254 e. The number of hydrogen-bond donors (Lipinski definition) is 2. The minimum absolute atomic E-state index is 0.0146. The molecule has 6 heteroatoms. The molecule has 0 saturated carbocycles. The second-order valence-corrected chi connectivity index (χ2v) is 5.02. The van der Waals surface area contributed by atoms with Crippen LogP contribution in [0, 0.1) is 0 Å². The fraction of sp³-hybridized carbons (Fsp3) is 0.571. The SMILES string of the molecule is CCCc1cc(C(=O)N2CCC(OC)C2)cc(NN)n1. The van der Waals surface area contributed by atoms with Crippen molar-refractivity contribution in [3.8, 4) is 0 Å². The van der Waals surface area contributed by atoms with Crippen LogP contribution in [0.4, 0.5) is 5.82 Å². The summed E-state index contributed by atoms with van der Waals surface area (Å²) >= 11 is 0. The van der Waals surface area contributed by atoms with Crippen molar-refractivity contribution in [1.82, 2.24) is 9.88 Å². The Morgan fingerprint density at radius 1 is 1.60 bits per heavy atom. The zero-order valence-corrected chi connectivity index (χ0v) is 12.1. The Morgan fingerprint density at radius 3 is 3.00 bits per heavy atom. The van der Waals surface area contributed by atoms with Crippen molar-refractivity contribution in [3.63, 3.8) is 0 Å². The van der Waals surface area contributed by atoms with Crippen LogP contribution in [0.25, 0.3) is 0 Å². The highest BCUT2D eigenvalue weighted by molar-refractivity contribution is 5.95. The molecule has 1 aromatic heterocycles.